The third-order valence-corrected chi connectivity index (χ3v) is 2.56. The molecule has 0 aromatic carbocycles. The number of nitrogens with one attached hydrogen (secondary N) is 1. The molecule has 1 aromatic rings. The average molecular weight is 306 g/mol. The summed E-state index contributed by atoms with van der Waals surface area (Å²) in [6.07, 6.45) is 5.86. The summed E-state index contributed by atoms with van der Waals surface area (Å²) < 4.78 is 0. The van der Waals surface area contributed by atoms with Gasteiger partial charge in [0.2, 0.25) is 6.04 Å². The van der Waals surface area contributed by atoms with Gasteiger partial charge in [-0.2, -0.15) is 0 Å². The van der Waals surface area contributed by atoms with Crippen molar-refractivity contribution in [1.29, 1.82) is 0 Å². The van der Waals surface area contributed by atoms with E-state index in [4.69, 9.17) is 4.84 Å². The zero-order valence-electron chi connectivity index (χ0n) is 12.4. The van der Waals surface area contributed by atoms with E-state index in [9.17, 15) is 14.9 Å². The highest BCUT2D eigenvalue weighted by molar-refractivity contribution is 6.01. The summed E-state index contributed by atoms with van der Waals surface area (Å²) in [7, 11) is 0. The Labute approximate surface area is 128 Å². The molecule has 1 unspecified atom stereocenters. The molecule has 0 saturated heterocycles. The van der Waals surface area contributed by atoms with Crippen molar-refractivity contribution < 1.29 is 14.6 Å². The molecule has 0 aliphatic carbocycles. The van der Waals surface area contributed by atoms with Gasteiger partial charge < -0.3 is 10.2 Å². The van der Waals surface area contributed by atoms with Crippen LogP contribution in [0.2, 0.25) is 0 Å². The van der Waals surface area contributed by atoms with Gasteiger partial charge in [0.05, 0.1) is 17.8 Å². The SMILES string of the molecule is CCO/N=C(\C=C\C(C)[N+](=O)[O-])CNC(=O)c1cccnc1. The van der Waals surface area contributed by atoms with E-state index in [1.165, 1.54) is 25.3 Å². The highest BCUT2D eigenvalue weighted by Crippen LogP contribution is 1.96. The van der Waals surface area contributed by atoms with Crippen LogP contribution in [0.5, 0.6) is 0 Å². The normalized spacial score (nSPS) is 12.9. The Hall–Kier alpha value is -2.77. The zero-order valence-corrected chi connectivity index (χ0v) is 12.4. The van der Waals surface area contributed by atoms with Gasteiger partial charge in [0.1, 0.15) is 6.61 Å². The number of hydrogen-bond acceptors (Lipinski definition) is 6. The second kappa shape index (κ2) is 9.22. The van der Waals surface area contributed by atoms with Crippen molar-refractivity contribution in [1.82, 2.24) is 10.3 Å². The fourth-order valence-electron chi connectivity index (χ4n) is 1.36. The van der Waals surface area contributed by atoms with Crippen LogP contribution >= 0.6 is 0 Å². The summed E-state index contributed by atoms with van der Waals surface area (Å²) in [5.74, 6) is -0.312. The van der Waals surface area contributed by atoms with Gasteiger partial charge in [-0.1, -0.05) is 5.16 Å². The number of oxime groups is 1. The van der Waals surface area contributed by atoms with Crippen LogP contribution in [-0.4, -0.2) is 40.7 Å². The minimum atomic E-state index is -0.846. The van der Waals surface area contributed by atoms with Gasteiger partial charge in [-0.15, -0.1) is 0 Å². The molecule has 1 aromatic heterocycles. The molecule has 1 amide bonds. The van der Waals surface area contributed by atoms with E-state index in [0.717, 1.165) is 0 Å². The standard InChI is InChI=1S/C14H18N4O4/c1-3-22-17-13(7-6-11(2)18(20)21)10-16-14(19)12-5-4-8-15-9-12/h4-9,11H,3,10H2,1-2H3,(H,16,19)/b7-6+,17-13+. The smallest absolute Gasteiger partial charge is 0.253 e. The van der Waals surface area contributed by atoms with E-state index < -0.39 is 11.0 Å². The molecular formula is C14H18N4O4. The molecular weight excluding hydrogens is 288 g/mol. The lowest BCUT2D eigenvalue weighted by molar-refractivity contribution is -0.504. The zero-order chi connectivity index (χ0) is 16.4. The second-order valence-corrected chi connectivity index (χ2v) is 4.31. The van der Waals surface area contributed by atoms with Crippen LogP contribution in [-0.2, 0) is 4.84 Å². The van der Waals surface area contributed by atoms with Gasteiger partial charge in [0, 0.05) is 24.2 Å². The summed E-state index contributed by atoms with van der Waals surface area (Å²) in [5.41, 5.74) is 0.800. The van der Waals surface area contributed by atoms with Crippen molar-refractivity contribution in [3.8, 4) is 0 Å². The molecule has 0 spiro atoms. The third-order valence-electron chi connectivity index (χ3n) is 2.56. The van der Waals surface area contributed by atoms with Crippen LogP contribution in [0.4, 0.5) is 0 Å². The van der Waals surface area contributed by atoms with E-state index in [0.29, 0.717) is 17.9 Å². The summed E-state index contributed by atoms with van der Waals surface area (Å²) in [5, 5.41) is 17.0. The maximum atomic E-state index is 11.9. The van der Waals surface area contributed by atoms with Crippen molar-refractivity contribution in [2.45, 2.75) is 19.9 Å². The van der Waals surface area contributed by atoms with Crippen LogP contribution in [0.15, 0.2) is 41.8 Å². The Morgan fingerprint density at radius 2 is 2.41 bits per heavy atom. The molecule has 1 rings (SSSR count). The van der Waals surface area contributed by atoms with Gasteiger partial charge in [0.25, 0.3) is 5.91 Å². The van der Waals surface area contributed by atoms with Crippen molar-refractivity contribution in [3.05, 3.63) is 52.4 Å². The number of pyridine rings is 1. The lowest BCUT2D eigenvalue weighted by Crippen LogP contribution is -2.29. The molecule has 8 nitrogen and oxygen atoms in total. The molecule has 0 fully saturated rings. The number of rotatable bonds is 8. The Morgan fingerprint density at radius 1 is 1.64 bits per heavy atom. The maximum Gasteiger partial charge on any atom is 0.253 e. The number of aromatic nitrogens is 1. The number of amides is 1. The van der Waals surface area contributed by atoms with Crippen molar-refractivity contribution in [2.24, 2.45) is 5.16 Å². The third kappa shape index (κ3) is 6.12. The van der Waals surface area contributed by atoms with Crippen LogP contribution in [0.1, 0.15) is 24.2 Å². The molecule has 0 aliphatic rings. The number of hydrogen-bond donors (Lipinski definition) is 1. The Balaban J connectivity index is 2.66. The molecule has 1 atom stereocenters. The summed E-state index contributed by atoms with van der Waals surface area (Å²) >= 11 is 0. The first-order valence-electron chi connectivity index (χ1n) is 6.73. The van der Waals surface area contributed by atoms with E-state index in [-0.39, 0.29) is 12.5 Å². The molecule has 0 saturated carbocycles. The predicted molar refractivity (Wildman–Crippen MR) is 81.2 cm³/mol. The summed E-state index contributed by atoms with van der Waals surface area (Å²) in [6, 6.07) is 2.44. The van der Waals surface area contributed by atoms with Crippen LogP contribution in [0.25, 0.3) is 0 Å². The number of nitro groups is 1. The quantitative estimate of drug-likeness (QED) is 0.444. The fourth-order valence-corrected chi connectivity index (χ4v) is 1.36. The Kier molecular flexibility index (Phi) is 7.24. The lowest BCUT2D eigenvalue weighted by atomic mass is 10.2. The van der Waals surface area contributed by atoms with E-state index in [1.54, 1.807) is 25.3 Å². The highest BCUT2D eigenvalue weighted by Gasteiger charge is 2.09. The molecule has 1 N–H and O–H groups in total. The molecule has 0 aliphatic heterocycles. The monoisotopic (exact) mass is 306 g/mol. The van der Waals surface area contributed by atoms with Gasteiger partial charge in [-0.3, -0.25) is 19.9 Å². The second-order valence-electron chi connectivity index (χ2n) is 4.31. The highest BCUT2D eigenvalue weighted by atomic mass is 16.6. The van der Waals surface area contributed by atoms with Crippen molar-refractivity contribution >= 4 is 11.6 Å². The molecule has 0 radical (unpaired) electrons. The van der Waals surface area contributed by atoms with Gasteiger partial charge in [-0.05, 0) is 31.2 Å². The minimum absolute atomic E-state index is 0.0919. The Bertz CT molecular complexity index is 557. The van der Waals surface area contributed by atoms with Crippen LogP contribution in [0.3, 0.4) is 0 Å². The van der Waals surface area contributed by atoms with Crippen molar-refractivity contribution in [3.63, 3.8) is 0 Å². The molecule has 8 heteroatoms. The summed E-state index contributed by atoms with van der Waals surface area (Å²) in [4.78, 5) is 30.8. The first-order valence-corrected chi connectivity index (χ1v) is 6.73. The van der Waals surface area contributed by atoms with Crippen molar-refractivity contribution in [2.75, 3.05) is 13.2 Å². The Morgan fingerprint density at radius 3 is 3.00 bits per heavy atom. The average Bonchev–Trinajstić information content (AvgIpc) is 2.54. The van der Waals surface area contributed by atoms with Gasteiger partial charge in [-0.25, -0.2) is 0 Å². The largest absolute Gasteiger partial charge is 0.396 e. The number of nitrogens with zero attached hydrogens (tertiary/aromatic N) is 3. The first kappa shape index (κ1) is 17.3. The number of carbonyl (C=O) groups excluding carboxylic acids is 1. The molecule has 1 heterocycles. The molecule has 0 bridgehead atoms. The molecule has 118 valence electrons. The van der Waals surface area contributed by atoms with Gasteiger partial charge >= 0.3 is 0 Å². The minimum Gasteiger partial charge on any atom is -0.396 e. The van der Waals surface area contributed by atoms with E-state index in [2.05, 4.69) is 15.5 Å². The number of carbonyl (C=O) groups is 1. The van der Waals surface area contributed by atoms with Crippen LogP contribution in [0, 0.1) is 10.1 Å². The summed E-state index contributed by atoms with van der Waals surface area (Å²) in [6.45, 7) is 3.66. The van der Waals surface area contributed by atoms with E-state index >= 15 is 0 Å². The maximum absolute atomic E-state index is 11.9. The van der Waals surface area contributed by atoms with E-state index in [1.807, 2.05) is 0 Å². The fraction of sp³-hybridized carbons (Fsp3) is 0.357. The predicted octanol–water partition coefficient (Wildman–Crippen LogP) is 1.43. The lowest BCUT2D eigenvalue weighted by Gasteiger charge is -2.05. The van der Waals surface area contributed by atoms with Gasteiger partial charge in [0.15, 0.2) is 0 Å². The molecule has 22 heavy (non-hydrogen) atoms. The van der Waals surface area contributed by atoms with Crippen LogP contribution < -0.4 is 5.32 Å². The first-order chi connectivity index (χ1) is 10.5. The topological polar surface area (TPSA) is 107 Å².